The van der Waals surface area contributed by atoms with E-state index >= 15 is 0 Å². The molecule has 1 amide bonds. The predicted molar refractivity (Wildman–Crippen MR) is 99.8 cm³/mol. The number of nitrogens with zero attached hydrogens (tertiary/aromatic N) is 1. The van der Waals surface area contributed by atoms with Gasteiger partial charge in [-0.1, -0.05) is 24.3 Å². The number of hydrogen-bond acceptors (Lipinski definition) is 4. The first-order valence-corrected chi connectivity index (χ1v) is 9.27. The number of aromatic nitrogens is 2. The third kappa shape index (κ3) is 2.92. The maximum Gasteiger partial charge on any atom is 0.325 e. The number of benzene rings is 1. The largest absolute Gasteiger partial charge is 0.392 e. The standard InChI is InChI=1S/C20H23N3O4/c1-12-14(18(26)22-19(27)21-12)11-17(25)23-8-6-20(7-9-23)15-5-3-2-4-13(15)10-16(20)24/h2-5,16,24H,6-11H2,1H3,(H2,21,22,26,27)/t16-/m1/s1. The first-order chi connectivity index (χ1) is 12.9. The fourth-order valence-electron chi connectivity index (χ4n) is 4.63. The van der Waals surface area contributed by atoms with E-state index in [4.69, 9.17) is 0 Å². The van der Waals surface area contributed by atoms with E-state index in [1.807, 2.05) is 12.1 Å². The average molecular weight is 369 g/mol. The number of likely N-dealkylation sites (tertiary alicyclic amines) is 1. The van der Waals surface area contributed by atoms with Crippen molar-refractivity contribution in [2.45, 2.75) is 44.1 Å². The van der Waals surface area contributed by atoms with Crippen molar-refractivity contribution in [3.05, 3.63) is 67.5 Å². The summed E-state index contributed by atoms with van der Waals surface area (Å²) in [7, 11) is 0. The van der Waals surface area contributed by atoms with Crippen molar-refractivity contribution >= 4 is 5.91 Å². The molecule has 1 spiro atoms. The molecule has 1 saturated heterocycles. The molecule has 0 unspecified atom stereocenters. The summed E-state index contributed by atoms with van der Waals surface area (Å²) in [6.07, 6.45) is 1.62. The molecule has 0 saturated carbocycles. The number of amides is 1. The summed E-state index contributed by atoms with van der Waals surface area (Å²) in [5.74, 6) is -0.133. The lowest BCUT2D eigenvalue weighted by molar-refractivity contribution is -0.132. The lowest BCUT2D eigenvalue weighted by atomic mass is 9.72. The maximum atomic E-state index is 12.7. The lowest BCUT2D eigenvalue weighted by Crippen LogP contribution is -2.49. The smallest absolute Gasteiger partial charge is 0.325 e. The van der Waals surface area contributed by atoms with Gasteiger partial charge in [-0.3, -0.25) is 14.6 Å². The van der Waals surface area contributed by atoms with Gasteiger partial charge in [-0.05, 0) is 37.3 Å². The Bertz CT molecular complexity index is 999. The molecule has 7 nitrogen and oxygen atoms in total. The van der Waals surface area contributed by atoms with Crippen molar-refractivity contribution in [1.82, 2.24) is 14.9 Å². The van der Waals surface area contributed by atoms with E-state index in [-0.39, 0.29) is 17.7 Å². The van der Waals surface area contributed by atoms with Gasteiger partial charge in [0.15, 0.2) is 0 Å². The molecule has 1 aliphatic heterocycles. The van der Waals surface area contributed by atoms with Gasteiger partial charge in [-0.25, -0.2) is 4.79 Å². The summed E-state index contributed by atoms with van der Waals surface area (Å²) < 4.78 is 0. The van der Waals surface area contributed by atoms with Crippen molar-refractivity contribution in [3.63, 3.8) is 0 Å². The zero-order chi connectivity index (χ0) is 19.2. The lowest BCUT2D eigenvalue weighted by Gasteiger charge is -2.42. The van der Waals surface area contributed by atoms with E-state index in [9.17, 15) is 19.5 Å². The molecule has 2 aromatic rings. The van der Waals surface area contributed by atoms with E-state index in [1.54, 1.807) is 11.8 Å². The summed E-state index contributed by atoms with van der Waals surface area (Å²) in [6.45, 7) is 2.71. The Hall–Kier alpha value is -2.67. The average Bonchev–Trinajstić information content (AvgIpc) is 2.90. The number of carbonyl (C=O) groups excluding carboxylic acids is 1. The molecule has 0 radical (unpaired) electrons. The highest BCUT2D eigenvalue weighted by atomic mass is 16.3. The minimum absolute atomic E-state index is 0.0376. The minimum atomic E-state index is -0.567. The Kier molecular flexibility index (Phi) is 4.26. The van der Waals surface area contributed by atoms with Crippen molar-refractivity contribution in [2.24, 2.45) is 0 Å². The maximum absolute atomic E-state index is 12.7. The first kappa shape index (κ1) is 17.7. The number of fused-ring (bicyclic) bond motifs is 2. The summed E-state index contributed by atoms with van der Waals surface area (Å²) in [4.78, 5) is 42.4. The predicted octanol–water partition coefficient (Wildman–Crippen LogP) is 0.392. The van der Waals surface area contributed by atoms with E-state index < -0.39 is 17.4 Å². The summed E-state index contributed by atoms with van der Waals surface area (Å²) in [5, 5.41) is 10.7. The molecule has 1 aromatic heterocycles. The number of aliphatic hydroxyl groups is 1. The number of hydrogen-bond donors (Lipinski definition) is 3. The highest BCUT2D eigenvalue weighted by Gasteiger charge is 2.48. The number of rotatable bonds is 2. The molecule has 2 heterocycles. The summed E-state index contributed by atoms with van der Waals surface area (Å²) in [6, 6.07) is 8.15. The molecule has 1 aromatic carbocycles. The topological polar surface area (TPSA) is 106 Å². The molecule has 7 heteroatoms. The third-order valence-electron chi connectivity index (χ3n) is 6.20. The number of aryl methyl sites for hydroxylation is 1. The van der Waals surface area contributed by atoms with Gasteiger partial charge in [0.2, 0.25) is 5.91 Å². The zero-order valence-electron chi connectivity index (χ0n) is 15.2. The van der Waals surface area contributed by atoms with Crippen molar-refractivity contribution in [2.75, 3.05) is 13.1 Å². The highest BCUT2D eigenvalue weighted by Crippen LogP contribution is 2.46. The Labute approximate surface area is 156 Å². The van der Waals surface area contributed by atoms with Gasteiger partial charge in [0.05, 0.1) is 12.5 Å². The Balaban J connectivity index is 1.50. The van der Waals surface area contributed by atoms with Gasteiger partial charge in [0.1, 0.15) is 0 Å². The fraction of sp³-hybridized carbons (Fsp3) is 0.450. The normalized spacial score (nSPS) is 20.7. The van der Waals surface area contributed by atoms with E-state index in [1.165, 1.54) is 11.1 Å². The van der Waals surface area contributed by atoms with Crippen LogP contribution in [0, 0.1) is 6.92 Å². The third-order valence-corrected chi connectivity index (χ3v) is 6.20. The number of carbonyl (C=O) groups is 1. The Morgan fingerprint density at radius 3 is 2.63 bits per heavy atom. The zero-order valence-corrected chi connectivity index (χ0v) is 15.2. The van der Waals surface area contributed by atoms with Crippen molar-refractivity contribution < 1.29 is 9.90 Å². The number of nitrogens with one attached hydrogen (secondary N) is 2. The Morgan fingerprint density at radius 2 is 1.93 bits per heavy atom. The molecular formula is C20H23N3O4. The molecule has 4 rings (SSSR count). The van der Waals surface area contributed by atoms with Crippen LogP contribution in [-0.4, -0.2) is 45.1 Å². The minimum Gasteiger partial charge on any atom is -0.392 e. The summed E-state index contributed by atoms with van der Waals surface area (Å²) in [5.41, 5.74) is 1.76. The Morgan fingerprint density at radius 1 is 1.22 bits per heavy atom. The molecule has 0 bridgehead atoms. The summed E-state index contributed by atoms with van der Waals surface area (Å²) >= 11 is 0. The van der Waals surface area contributed by atoms with Gasteiger partial charge in [-0.2, -0.15) is 0 Å². The molecule has 1 atom stereocenters. The van der Waals surface area contributed by atoms with Crippen LogP contribution >= 0.6 is 0 Å². The molecule has 27 heavy (non-hydrogen) atoms. The van der Waals surface area contributed by atoms with Crippen LogP contribution < -0.4 is 11.2 Å². The van der Waals surface area contributed by atoms with Crippen LogP contribution in [0.1, 0.15) is 35.2 Å². The van der Waals surface area contributed by atoms with Crippen LogP contribution in [0.4, 0.5) is 0 Å². The number of aromatic amines is 2. The second-order valence-corrected chi connectivity index (χ2v) is 7.60. The SMILES string of the molecule is Cc1[nH]c(=O)[nH]c(=O)c1CC(=O)N1CCC2(CC1)c1ccccc1C[C@H]2O. The molecule has 2 aliphatic rings. The monoisotopic (exact) mass is 369 g/mol. The second-order valence-electron chi connectivity index (χ2n) is 7.60. The highest BCUT2D eigenvalue weighted by molar-refractivity contribution is 5.79. The molecule has 3 N–H and O–H groups in total. The first-order valence-electron chi connectivity index (χ1n) is 9.27. The van der Waals surface area contributed by atoms with Gasteiger partial charge in [0.25, 0.3) is 5.56 Å². The fourth-order valence-corrected chi connectivity index (χ4v) is 4.63. The van der Waals surface area contributed by atoms with E-state index in [0.717, 1.165) is 0 Å². The van der Waals surface area contributed by atoms with Crippen LogP contribution in [0.3, 0.4) is 0 Å². The van der Waals surface area contributed by atoms with Crippen LogP contribution in [0.25, 0.3) is 0 Å². The number of H-pyrrole nitrogens is 2. The quantitative estimate of drug-likeness (QED) is 0.712. The second kappa shape index (κ2) is 6.49. The number of piperidine rings is 1. The van der Waals surface area contributed by atoms with Crippen molar-refractivity contribution in [1.29, 1.82) is 0 Å². The van der Waals surface area contributed by atoms with Crippen molar-refractivity contribution in [3.8, 4) is 0 Å². The van der Waals surface area contributed by atoms with Gasteiger partial charge >= 0.3 is 5.69 Å². The van der Waals surface area contributed by atoms with Crippen LogP contribution in [0.2, 0.25) is 0 Å². The number of aliphatic hydroxyl groups excluding tert-OH is 1. The van der Waals surface area contributed by atoms with Gasteiger partial charge in [-0.15, -0.1) is 0 Å². The van der Waals surface area contributed by atoms with Gasteiger partial charge < -0.3 is 15.0 Å². The molecule has 1 fully saturated rings. The molecular weight excluding hydrogens is 346 g/mol. The molecule has 142 valence electrons. The van der Waals surface area contributed by atoms with E-state index in [0.29, 0.717) is 43.6 Å². The van der Waals surface area contributed by atoms with Crippen LogP contribution in [0.15, 0.2) is 33.9 Å². The van der Waals surface area contributed by atoms with Crippen LogP contribution in [0.5, 0.6) is 0 Å². The van der Waals surface area contributed by atoms with Crippen LogP contribution in [-0.2, 0) is 23.1 Å². The van der Waals surface area contributed by atoms with Gasteiger partial charge in [0, 0.05) is 29.8 Å². The van der Waals surface area contributed by atoms with E-state index in [2.05, 4.69) is 22.1 Å². The molecule has 1 aliphatic carbocycles.